The van der Waals surface area contributed by atoms with Gasteiger partial charge in [0.2, 0.25) is 0 Å². The molecule has 122 valence electrons. The Bertz CT molecular complexity index is 614. The molecule has 0 unspecified atom stereocenters. The number of esters is 1. The third-order valence-electron chi connectivity index (χ3n) is 3.34. The van der Waals surface area contributed by atoms with Crippen LogP contribution in [0.2, 0.25) is 0 Å². The van der Waals surface area contributed by atoms with Crippen molar-refractivity contribution in [2.75, 3.05) is 27.2 Å². The predicted molar refractivity (Wildman–Crippen MR) is 94.8 cm³/mol. The Hall–Kier alpha value is -1.78. The highest BCUT2D eigenvalue weighted by Gasteiger charge is 2.08. The second-order valence-corrected chi connectivity index (χ2v) is 6.66. The molecule has 2 aromatic carbocycles. The Morgan fingerprint density at radius 3 is 2.48 bits per heavy atom. The molecular weight excluding hydrogens is 306 g/mol. The Balaban J connectivity index is 1.89. The highest BCUT2D eigenvalue weighted by molar-refractivity contribution is 7.99. The van der Waals surface area contributed by atoms with Crippen LogP contribution in [0.3, 0.4) is 0 Å². The number of ether oxygens (including phenoxy) is 1. The minimum Gasteiger partial charge on any atom is -0.464 e. The van der Waals surface area contributed by atoms with Gasteiger partial charge in [-0.3, -0.25) is 4.79 Å². The van der Waals surface area contributed by atoms with E-state index in [-0.39, 0.29) is 5.97 Å². The summed E-state index contributed by atoms with van der Waals surface area (Å²) in [4.78, 5) is 16.2. The van der Waals surface area contributed by atoms with Crippen molar-refractivity contribution in [3.63, 3.8) is 0 Å². The lowest BCUT2D eigenvalue weighted by atomic mass is 10.1. The SMILES string of the molecule is CN(C)CCOC(=O)CCc1ccccc1Sc1ccccc1. The molecule has 0 bridgehead atoms. The van der Waals surface area contributed by atoms with E-state index in [1.165, 1.54) is 15.4 Å². The molecule has 23 heavy (non-hydrogen) atoms. The number of hydrogen-bond donors (Lipinski definition) is 0. The summed E-state index contributed by atoms with van der Waals surface area (Å²) < 4.78 is 5.25. The van der Waals surface area contributed by atoms with Gasteiger partial charge in [-0.15, -0.1) is 0 Å². The zero-order valence-electron chi connectivity index (χ0n) is 13.7. The molecule has 0 aromatic heterocycles. The molecule has 2 rings (SSSR count). The molecule has 3 nitrogen and oxygen atoms in total. The molecule has 0 N–H and O–H groups in total. The lowest BCUT2D eigenvalue weighted by molar-refractivity contribution is -0.143. The number of hydrogen-bond acceptors (Lipinski definition) is 4. The second kappa shape index (κ2) is 9.38. The maximum atomic E-state index is 11.8. The molecule has 0 saturated heterocycles. The third kappa shape index (κ3) is 6.47. The number of nitrogens with zero attached hydrogens (tertiary/aromatic N) is 1. The highest BCUT2D eigenvalue weighted by Crippen LogP contribution is 2.30. The van der Waals surface area contributed by atoms with Crippen LogP contribution in [-0.2, 0) is 16.0 Å². The first-order chi connectivity index (χ1) is 11.1. The number of carbonyl (C=O) groups excluding carboxylic acids is 1. The largest absolute Gasteiger partial charge is 0.464 e. The van der Waals surface area contributed by atoms with E-state index in [0.29, 0.717) is 19.4 Å². The van der Waals surface area contributed by atoms with Crippen LogP contribution in [0.4, 0.5) is 0 Å². The molecule has 0 aliphatic carbocycles. The zero-order valence-corrected chi connectivity index (χ0v) is 14.5. The average molecular weight is 329 g/mol. The first-order valence-electron chi connectivity index (χ1n) is 7.76. The van der Waals surface area contributed by atoms with E-state index in [0.717, 1.165) is 6.54 Å². The minimum absolute atomic E-state index is 0.133. The predicted octanol–water partition coefficient (Wildman–Crippen LogP) is 3.88. The quantitative estimate of drug-likeness (QED) is 0.688. The number of aryl methyl sites for hydroxylation is 1. The molecule has 0 heterocycles. The van der Waals surface area contributed by atoms with Gasteiger partial charge in [-0.2, -0.15) is 0 Å². The van der Waals surface area contributed by atoms with Crippen molar-refractivity contribution in [3.8, 4) is 0 Å². The van der Waals surface area contributed by atoms with Crippen molar-refractivity contribution in [3.05, 3.63) is 60.2 Å². The molecule has 0 amide bonds. The minimum atomic E-state index is -0.133. The Morgan fingerprint density at radius 1 is 1.04 bits per heavy atom. The lowest BCUT2D eigenvalue weighted by Gasteiger charge is -2.11. The van der Waals surface area contributed by atoms with E-state index in [1.54, 1.807) is 11.8 Å². The van der Waals surface area contributed by atoms with Crippen LogP contribution in [0.1, 0.15) is 12.0 Å². The third-order valence-corrected chi connectivity index (χ3v) is 4.47. The average Bonchev–Trinajstić information content (AvgIpc) is 2.55. The van der Waals surface area contributed by atoms with Crippen LogP contribution in [0.5, 0.6) is 0 Å². The summed E-state index contributed by atoms with van der Waals surface area (Å²) in [6.45, 7) is 1.21. The van der Waals surface area contributed by atoms with Gasteiger partial charge in [0.05, 0.1) is 0 Å². The number of rotatable bonds is 8. The summed E-state index contributed by atoms with van der Waals surface area (Å²) in [6.07, 6.45) is 1.12. The fourth-order valence-corrected chi connectivity index (χ4v) is 3.07. The van der Waals surface area contributed by atoms with Crippen molar-refractivity contribution >= 4 is 17.7 Å². The second-order valence-electron chi connectivity index (χ2n) is 5.55. The first-order valence-corrected chi connectivity index (χ1v) is 8.58. The lowest BCUT2D eigenvalue weighted by Crippen LogP contribution is -2.20. The molecule has 0 atom stereocenters. The summed E-state index contributed by atoms with van der Waals surface area (Å²) in [5, 5.41) is 0. The van der Waals surface area contributed by atoms with Crippen molar-refractivity contribution < 1.29 is 9.53 Å². The molecule has 0 aliphatic heterocycles. The van der Waals surface area contributed by atoms with Crippen LogP contribution in [0, 0.1) is 0 Å². The van der Waals surface area contributed by atoms with E-state index in [1.807, 2.05) is 49.3 Å². The van der Waals surface area contributed by atoms with Gasteiger partial charge >= 0.3 is 5.97 Å². The molecular formula is C19H23NO2S. The van der Waals surface area contributed by atoms with E-state index in [2.05, 4.69) is 24.3 Å². The Labute approximate surface area is 142 Å². The Kier molecular flexibility index (Phi) is 7.17. The fourth-order valence-electron chi connectivity index (χ4n) is 2.08. The van der Waals surface area contributed by atoms with E-state index < -0.39 is 0 Å². The van der Waals surface area contributed by atoms with Crippen molar-refractivity contribution in [1.82, 2.24) is 4.90 Å². The van der Waals surface area contributed by atoms with E-state index in [4.69, 9.17) is 4.74 Å². The summed E-state index contributed by atoms with van der Waals surface area (Å²) in [5.41, 5.74) is 1.19. The Morgan fingerprint density at radius 2 is 1.74 bits per heavy atom. The van der Waals surface area contributed by atoms with E-state index >= 15 is 0 Å². The molecule has 2 aromatic rings. The maximum Gasteiger partial charge on any atom is 0.306 e. The molecule has 0 saturated carbocycles. The van der Waals surface area contributed by atoms with Gasteiger partial charge in [0.25, 0.3) is 0 Å². The van der Waals surface area contributed by atoms with Gasteiger partial charge in [0.15, 0.2) is 0 Å². The number of carbonyl (C=O) groups is 1. The molecule has 0 spiro atoms. The van der Waals surface area contributed by atoms with Crippen LogP contribution >= 0.6 is 11.8 Å². The summed E-state index contributed by atoms with van der Waals surface area (Å²) in [6, 6.07) is 18.5. The summed E-state index contributed by atoms with van der Waals surface area (Å²) >= 11 is 1.73. The number of benzene rings is 2. The standard InChI is InChI=1S/C19H23NO2S/c1-20(2)14-15-22-19(21)13-12-16-8-6-7-11-18(16)23-17-9-4-3-5-10-17/h3-11H,12-15H2,1-2H3. The maximum absolute atomic E-state index is 11.8. The normalized spacial score (nSPS) is 10.7. The van der Waals surface area contributed by atoms with Crippen LogP contribution < -0.4 is 0 Å². The summed E-state index contributed by atoms with van der Waals surface area (Å²) in [5.74, 6) is -0.133. The number of likely N-dealkylation sites (N-methyl/N-ethyl adjacent to an activating group) is 1. The monoisotopic (exact) mass is 329 g/mol. The molecule has 4 heteroatoms. The van der Waals surface area contributed by atoms with Gasteiger partial charge in [-0.1, -0.05) is 48.2 Å². The fraction of sp³-hybridized carbons (Fsp3) is 0.316. The van der Waals surface area contributed by atoms with Crippen LogP contribution in [0.25, 0.3) is 0 Å². The first kappa shape index (κ1) is 17.6. The van der Waals surface area contributed by atoms with Gasteiger partial charge in [0.1, 0.15) is 6.61 Å². The van der Waals surface area contributed by atoms with Gasteiger partial charge < -0.3 is 9.64 Å². The molecule has 0 aliphatic rings. The summed E-state index contributed by atoms with van der Waals surface area (Å²) in [7, 11) is 3.93. The van der Waals surface area contributed by atoms with Crippen LogP contribution in [0.15, 0.2) is 64.4 Å². The van der Waals surface area contributed by atoms with Crippen molar-refractivity contribution in [1.29, 1.82) is 0 Å². The van der Waals surface area contributed by atoms with E-state index in [9.17, 15) is 4.79 Å². The van der Waals surface area contributed by atoms with Crippen LogP contribution in [-0.4, -0.2) is 38.1 Å². The van der Waals surface area contributed by atoms with Gasteiger partial charge in [-0.05, 0) is 44.3 Å². The zero-order chi connectivity index (χ0) is 16.5. The molecule has 0 radical (unpaired) electrons. The topological polar surface area (TPSA) is 29.5 Å². The molecule has 0 fully saturated rings. The van der Waals surface area contributed by atoms with Gasteiger partial charge in [-0.25, -0.2) is 0 Å². The van der Waals surface area contributed by atoms with Crippen molar-refractivity contribution in [2.24, 2.45) is 0 Å². The smallest absolute Gasteiger partial charge is 0.306 e. The van der Waals surface area contributed by atoms with Crippen molar-refractivity contribution in [2.45, 2.75) is 22.6 Å². The highest BCUT2D eigenvalue weighted by atomic mass is 32.2. The van der Waals surface area contributed by atoms with Gasteiger partial charge in [0, 0.05) is 22.8 Å².